The van der Waals surface area contributed by atoms with Crippen molar-refractivity contribution in [2.75, 3.05) is 25.5 Å². The predicted molar refractivity (Wildman–Crippen MR) is 93.6 cm³/mol. The molecule has 2 aromatic rings. The van der Waals surface area contributed by atoms with Crippen LogP contribution in [0, 0.1) is 18.7 Å². The number of ether oxygens (including phenoxy) is 1. The van der Waals surface area contributed by atoms with Gasteiger partial charge in [-0.1, -0.05) is 0 Å². The number of amides is 2. The van der Waals surface area contributed by atoms with Crippen molar-refractivity contribution in [3.8, 4) is 5.69 Å². The smallest absolute Gasteiger partial charge is 0.409 e. The second kappa shape index (κ2) is 7.55. The Morgan fingerprint density at radius 2 is 2.04 bits per heavy atom. The average molecular weight is 360 g/mol. The highest BCUT2D eigenvalue weighted by Crippen LogP contribution is 2.22. The number of anilines is 1. The van der Waals surface area contributed by atoms with Crippen LogP contribution in [-0.2, 0) is 9.53 Å². The van der Waals surface area contributed by atoms with Gasteiger partial charge in [0.05, 0.1) is 24.4 Å². The van der Waals surface area contributed by atoms with E-state index in [0.29, 0.717) is 31.0 Å². The van der Waals surface area contributed by atoms with E-state index in [1.54, 1.807) is 22.9 Å². The van der Waals surface area contributed by atoms with Crippen LogP contribution in [0.5, 0.6) is 0 Å². The number of nitrogens with zero attached hydrogens (tertiary/aromatic N) is 3. The standard InChI is InChI=1S/C18H21FN4O3/c1-12-10-16(23(21-12)15-7-5-14(19)6-8-15)20-17(24)13-4-3-9-22(11-13)18(25)26-2/h5-8,10,13H,3-4,9,11H2,1-2H3,(H,20,24). The van der Waals surface area contributed by atoms with Crippen LogP contribution in [0.3, 0.4) is 0 Å². The second-order valence-corrected chi connectivity index (χ2v) is 6.30. The molecular formula is C18H21FN4O3. The molecule has 0 spiro atoms. The van der Waals surface area contributed by atoms with E-state index < -0.39 is 6.09 Å². The molecule has 2 amide bonds. The van der Waals surface area contributed by atoms with Crippen molar-refractivity contribution in [1.82, 2.24) is 14.7 Å². The van der Waals surface area contributed by atoms with Gasteiger partial charge < -0.3 is 15.0 Å². The molecule has 0 aliphatic carbocycles. The van der Waals surface area contributed by atoms with Crippen LogP contribution < -0.4 is 5.32 Å². The van der Waals surface area contributed by atoms with Crippen molar-refractivity contribution in [2.45, 2.75) is 19.8 Å². The molecule has 3 rings (SSSR count). The third kappa shape index (κ3) is 3.84. The maximum atomic E-state index is 13.2. The molecular weight excluding hydrogens is 339 g/mol. The average Bonchev–Trinajstić information content (AvgIpc) is 3.01. The number of rotatable bonds is 3. The number of nitrogens with one attached hydrogen (secondary N) is 1. The summed E-state index contributed by atoms with van der Waals surface area (Å²) in [5.41, 5.74) is 1.37. The monoisotopic (exact) mass is 360 g/mol. The van der Waals surface area contributed by atoms with Crippen LogP contribution in [0.25, 0.3) is 5.69 Å². The Labute approximate surface area is 150 Å². The topological polar surface area (TPSA) is 76.5 Å². The van der Waals surface area contributed by atoms with Crippen molar-refractivity contribution in [1.29, 1.82) is 0 Å². The molecule has 0 bridgehead atoms. The van der Waals surface area contributed by atoms with Gasteiger partial charge in [0.25, 0.3) is 0 Å². The lowest BCUT2D eigenvalue weighted by Crippen LogP contribution is -2.43. The summed E-state index contributed by atoms with van der Waals surface area (Å²) < 4.78 is 19.5. The number of methoxy groups -OCH3 is 1. The Morgan fingerprint density at radius 3 is 2.73 bits per heavy atom. The molecule has 1 aromatic heterocycles. The summed E-state index contributed by atoms with van der Waals surface area (Å²) in [5.74, 6) is -0.329. The Morgan fingerprint density at radius 1 is 1.31 bits per heavy atom. The number of benzene rings is 1. The van der Waals surface area contributed by atoms with Gasteiger partial charge in [-0.3, -0.25) is 4.79 Å². The lowest BCUT2D eigenvalue weighted by Gasteiger charge is -2.30. The van der Waals surface area contributed by atoms with Crippen molar-refractivity contribution >= 4 is 17.8 Å². The summed E-state index contributed by atoms with van der Waals surface area (Å²) in [5, 5.41) is 7.24. The number of aromatic nitrogens is 2. The molecule has 1 unspecified atom stereocenters. The zero-order valence-electron chi connectivity index (χ0n) is 14.7. The van der Waals surface area contributed by atoms with Crippen LogP contribution in [0.15, 0.2) is 30.3 Å². The van der Waals surface area contributed by atoms with Crippen molar-refractivity contribution in [3.63, 3.8) is 0 Å². The minimum absolute atomic E-state index is 0.179. The van der Waals surface area contributed by atoms with E-state index in [9.17, 15) is 14.0 Å². The third-order valence-corrected chi connectivity index (χ3v) is 4.38. The summed E-state index contributed by atoms with van der Waals surface area (Å²) >= 11 is 0. The third-order valence-electron chi connectivity index (χ3n) is 4.38. The number of hydrogen-bond acceptors (Lipinski definition) is 4. The molecule has 0 radical (unpaired) electrons. The SMILES string of the molecule is COC(=O)N1CCCC(C(=O)Nc2cc(C)nn2-c2ccc(F)cc2)C1. The number of likely N-dealkylation sites (tertiary alicyclic amines) is 1. The molecule has 26 heavy (non-hydrogen) atoms. The van der Waals surface area contributed by atoms with Crippen molar-refractivity contribution in [2.24, 2.45) is 5.92 Å². The van der Waals surface area contributed by atoms with E-state index in [1.807, 2.05) is 6.92 Å². The van der Waals surface area contributed by atoms with Gasteiger partial charge in [0.1, 0.15) is 11.6 Å². The number of halogens is 1. The number of aryl methyl sites for hydroxylation is 1. The number of carbonyl (C=O) groups is 2. The lowest BCUT2D eigenvalue weighted by molar-refractivity contribution is -0.121. The molecule has 1 aromatic carbocycles. The summed E-state index contributed by atoms with van der Waals surface area (Å²) in [6, 6.07) is 7.62. The van der Waals surface area contributed by atoms with Crippen LogP contribution in [-0.4, -0.2) is 46.9 Å². The number of carbonyl (C=O) groups excluding carboxylic acids is 2. The second-order valence-electron chi connectivity index (χ2n) is 6.30. The fraction of sp³-hybridized carbons (Fsp3) is 0.389. The van der Waals surface area contributed by atoms with E-state index in [0.717, 1.165) is 12.1 Å². The Kier molecular flexibility index (Phi) is 5.20. The van der Waals surface area contributed by atoms with Gasteiger partial charge in [-0.2, -0.15) is 5.10 Å². The summed E-state index contributed by atoms with van der Waals surface area (Å²) in [7, 11) is 1.33. The van der Waals surface area contributed by atoms with Crippen LogP contribution >= 0.6 is 0 Å². The van der Waals surface area contributed by atoms with E-state index in [-0.39, 0.29) is 17.6 Å². The van der Waals surface area contributed by atoms with Gasteiger partial charge in [-0.15, -0.1) is 0 Å². The minimum Gasteiger partial charge on any atom is -0.453 e. The van der Waals surface area contributed by atoms with Gasteiger partial charge in [-0.25, -0.2) is 13.9 Å². The predicted octanol–water partition coefficient (Wildman–Crippen LogP) is 2.74. The van der Waals surface area contributed by atoms with Crippen LogP contribution in [0.2, 0.25) is 0 Å². The van der Waals surface area contributed by atoms with E-state index in [1.165, 1.54) is 24.1 Å². The molecule has 8 heteroatoms. The fourth-order valence-electron chi connectivity index (χ4n) is 3.08. The first kappa shape index (κ1) is 17.9. The number of piperidine rings is 1. The highest BCUT2D eigenvalue weighted by Gasteiger charge is 2.29. The van der Waals surface area contributed by atoms with Gasteiger partial charge >= 0.3 is 6.09 Å². The molecule has 1 saturated heterocycles. The molecule has 1 aliphatic heterocycles. The fourth-order valence-corrected chi connectivity index (χ4v) is 3.08. The molecule has 0 saturated carbocycles. The van der Waals surface area contributed by atoms with E-state index >= 15 is 0 Å². The Hall–Kier alpha value is -2.90. The van der Waals surface area contributed by atoms with Gasteiger partial charge in [0, 0.05) is 19.2 Å². The van der Waals surface area contributed by atoms with E-state index in [2.05, 4.69) is 10.4 Å². The molecule has 2 heterocycles. The maximum Gasteiger partial charge on any atom is 0.409 e. The van der Waals surface area contributed by atoms with Gasteiger partial charge in [-0.05, 0) is 44.0 Å². The molecule has 1 N–H and O–H groups in total. The quantitative estimate of drug-likeness (QED) is 0.913. The molecule has 1 atom stereocenters. The Balaban J connectivity index is 1.75. The largest absolute Gasteiger partial charge is 0.453 e. The zero-order valence-corrected chi connectivity index (χ0v) is 14.7. The highest BCUT2D eigenvalue weighted by atomic mass is 19.1. The summed E-state index contributed by atoms with van der Waals surface area (Å²) in [4.78, 5) is 25.9. The summed E-state index contributed by atoms with van der Waals surface area (Å²) in [6.07, 6.45) is 1.02. The van der Waals surface area contributed by atoms with Crippen molar-refractivity contribution in [3.05, 3.63) is 41.8 Å². The van der Waals surface area contributed by atoms with Crippen molar-refractivity contribution < 1.29 is 18.7 Å². The lowest BCUT2D eigenvalue weighted by atomic mass is 9.97. The molecule has 1 aliphatic rings. The summed E-state index contributed by atoms with van der Waals surface area (Å²) in [6.45, 7) is 2.72. The first-order chi connectivity index (χ1) is 12.5. The normalized spacial score (nSPS) is 17.0. The first-order valence-electron chi connectivity index (χ1n) is 8.44. The highest BCUT2D eigenvalue weighted by molar-refractivity contribution is 5.92. The maximum absolute atomic E-state index is 13.2. The van der Waals surface area contributed by atoms with E-state index in [4.69, 9.17) is 4.74 Å². The van der Waals surface area contributed by atoms with Gasteiger partial charge in [0.15, 0.2) is 0 Å². The molecule has 7 nitrogen and oxygen atoms in total. The first-order valence-corrected chi connectivity index (χ1v) is 8.44. The van der Waals surface area contributed by atoms with Crippen LogP contribution in [0.4, 0.5) is 15.0 Å². The Bertz CT molecular complexity index is 803. The minimum atomic E-state index is -0.422. The van der Waals surface area contributed by atoms with Crippen LogP contribution in [0.1, 0.15) is 18.5 Å². The number of hydrogen-bond donors (Lipinski definition) is 1. The van der Waals surface area contributed by atoms with Gasteiger partial charge in [0.2, 0.25) is 5.91 Å². The molecule has 1 fully saturated rings. The zero-order chi connectivity index (χ0) is 18.7. The molecule has 138 valence electrons.